The second kappa shape index (κ2) is 9.88. The summed E-state index contributed by atoms with van der Waals surface area (Å²) in [5.41, 5.74) is 0.498. The molecule has 0 radical (unpaired) electrons. The number of carboxylic acid groups (broad SMARTS) is 1. The minimum atomic E-state index is -4.40. The van der Waals surface area contributed by atoms with E-state index >= 15 is 0 Å². The number of imidazole rings is 1. The van der Waals surface area contributed by atoms with E-state index in [4.69, 9.17) is 0 Å². The molecule has 2 rings (SSSR count). The topological polar surface area (TPSA) is 84.2 Å². The molecule has 0 aliphatic heterocycles. The molecule has 9 heteroatoms. The van der Waals surface area contributed by atoms with E-state index in [-0.39, 0.29) is 24.7 Å². The average molecular weight is 425 g/mol. The van der Waals surface area contributed by atoms with E-state index in [1.807, 2.05) is 13.8 Å². The van der Waals surface area contributed by atoms with Gasteiger partial charge in [-0.1, -0.05) is 26.0 Å². The van der Waals surface area contributed by atoms with E-state index in [1.165, 1.54) is 31.6 Å². The summed E-state index contributed by atoms with van der Waals surface area (Å²) in [5.74, 6) is -1.01. The standard InChI is InChI=1S/C21H26F3N3O3/c1-13(2)8-18(14(3)28)26-19(20(29)30)9-17-10-25-12-27(17)11-15-4-6-16(7-5-15)21(22,23)24/h4-7,10,12-13,18-19,26H,8-9,11H2,1-3H3,(H,29,30)/t18?,19-/m0/s1. The number of benzene rings is 1. The van der Waals surface area contributed by atoms with Crippen molar-refractivity contribution in [2.75, 3.05) is 0 Å². The number of aromatic nitrogens is 2. The predicted molar refractivity (Wildman–Crippen MR) is 105 cm³/mol. The van der Waals surface area contributed by atoms with E-state index in [2.05, 4.69) is 10.3 Å². The number of nitrogens with zero attached hydrogens (tertiary/aromatic N) is 2. The highest BCUT2D eigenvalue weighted by Gasteiger charge is 2.30. The Morgan fingerprint density at radius 3 is 2.30 bits per heavy atom. The van der Waals surface area contributed by atoms with Gasteiger partial charge in [0, 0.05) is 24.9 Å². The van der Waals surface area contributed by atoms with E-state index < -0.39 is 29.8 Å². The number of alkyl halides is 3. The van der Waals surface area contributed by atoms with Crippen LogP contribution < -0.4 is 5.32 Å². The molecule has 1 aromatic carbocycles. The van der Waals surface area contributed by atoms with Crippen molar-refractivity contribution in [2.45, 2.75) is 58.4 Å². The summed E-state index contributed by atoms with van der Waals surface area (Å²) in [7, 11) is 0. The second-order valence-corrected chi connectivity index (χ2v) is 7.76. The van der Waals surface area contributed by atoms with Crippen LogP contribution in [0.5, 0.6) is 0 Å². The fourth-order valence-electron chi connectivity index (χ4n) is 3.15. The molecule has 1 aromatic heterocycles. The molecule has 2 atom stereocenters. The molecule has 1 unspecified atom stereocenters. The fraction of sp³-hybridized carbons (Fsp3) is 0.476. The van der Waals surface area contributed by atoms with Gasteiger partial charge >= 0.3 is 12.1 Å². The first-order chi connectivity index (χ1) is 14.0. The lowest BCUT2D eigenvalue weighted by atomic mass is 9.99. The highest BCUT2D eigenvalue weighted by atomic mass is 19.4. The zero-order valence-electron chi connectivity index (χ0n) is 17.1. The normalized spacial score (nSPS) is 14.0. The van der Waals surface area contributed by atoms with Gasteiger partial charge in [-0.05, 0) is 37.0 Å². The Balaban J connectivity index is 2.14. The predicted octanol–water partition coefficient (Wildman–Crippen LogP) is 3.54. The molecular formula is C21H26F3N3O3. The van der Waals surface area contributed by atoms with Gasteiger partial charge in [-0.3, -0.25) is 14.9 Å². The van der Waals surface area contributed by atoms with Crippen LogP contribution in [0.25, 0.3) is 0 Å². The van der Waals surface area contributed by atoms with Gasteiger partial charge in [0.05, 0.1) is 17.9 Å². The quantitative estimate of drug-likeness (QED) is 0.608. The van der Waals surface area contributed by atoms with Gasteiger partial charge in [0.1, 0.15) is 11.8 Å². The van der Waals surface area contributed by atoms with E-state index in [1.54, 1.807) is 4.57 Å². The van der Waals surface area contributed by atoms with Gasteiger partial charge in [-0.25, -0.2) is 4.98 Å². The lowest BCUT2D eigenvalue weighted by Crippen LogP contribution is -2.48. The minimum Gasteiger partial charge on any atom is -0.480 e. The van der Waals surface area contributed by atoms with Crippen LogP contribution in [-0.4, -0.2) is 38.5 Å². The van der Waals surface area contributed by atoms with Crippen LogP contribution in [-0.2, 0) is 28.7 Å². The van der Waals surface area contributed by atoms with E-state index in [9.17, 15) is 27.9 Å². The number of carboxylic acids is 1. The number of hydrogen-bond donors (Lipinski definition) is 2. The summed E-state index contributed by atoms with van der Waals surface area (Å²) < 4.78 is 39.8. The molecule has 0 aliphatic rings. The maximum atomic E-state index is 12.7. The minimum absolute atomic E-state index is 0.0812. The summed E-state index contributed by atoms with van der Waals surface area (Å²) in [4.78, 5) is 27.7. The van der Waals surface area contributed by atoms with Crippen LogP contribution >= 0.6 is 0 Å². The zero-order valence-corrected chi connectivity index (χ0v) is 17.1. The number of carbonyl (C=O) groups excluding carboxylic acids is 1. The van der Waals surface area contributed by atoms with Crippen molar-refractivity contribution < 1.29 is 27.9 Å². The largest absolute Gasteiger partial charge is 0.480 e. The van der Waals surface area contributed by atoms with E-state index in [0.29, 0.717) is 17.7 Å². The second-order valence-electron chi connectivity index (χ2n) is 7.76. The molecule has 1 heterocycles. The van der Waals surface area contributed by atoms with E-state index in [0.717, 1.165) is 12.1 Å². The Kier molecular flexibility index (Phi) is 7.77. The summed E-state index contributed by atoms with van der Waals surface area (Å²) in [6.45, 7) is 5.58. The van der Waals surface area contributed by atoms with Crippen LogP contribution in [0.2, 0.25) is 0 Å². The van der Waals surface area contributed by atoms with Crippen molar-refractivity contribution >= 4 is 11.8 Å². The molecule has 0 saturated carbocycles. The molecule has 6 nitrogen and oxygen atoms in total. The molecule has 0 amide bonds. The highest BCUT2D eigenvalue weighted by molar-refractivity contribution is 5.83. The van der Waals surface area contributed by atoms with Gasteiger partial charge in [0.25, 0.3) is 0 Å². The highest BCUT2D eigenvalue weighted by Crippen LogP contribution is 2.29. The summed E-state index contributed by atoms with van der Waals surface area (Å²) >= 11 is 0. The maximum Gasteiger partial charge on any atom is 0.416 e. The van der Waals surface area contributed by atoms with Crippen molar-refractivity contribution in [3.63, 3.8) is 0 Å². The van der Waals surface area contributed by atoms with Crippen molar-refractivity contribution in [3.05, 3.63) is 53.6 Å². The number of hydrogen-bond acceptors (Lipinski definition) is 4. The van der Waals surface area contributed by atoms with Gasteiger partial charge < -0.3 is 9.67 Å². The molecule has 0 bridgehead atoms. The number of halogens is 3. The Morgan fingerprint density at radius 2 is 1.80 bits per heavy atom. The number of ketones is 1. The average Bonchev–Trinajstić information content (AvgIpc) is 3.06. The fourth-order valence-corrected chi connectivity index (χ4v) is 3.15. The number of carbonyl (C=O) groups is 2. The van der Waals surface area contributed by atoms with Crippen molar-refractivity contribution in [1.82, 2.24) is 14.9 Å². The molecule has 0 fully saturated rings. The zero-order chi connectivity index (χ0) is 22.5. The molecule has 30 heavy (non-hydrogen) atoms. The third kappa shape index (κ3) is 6.69. The summed E-state index contributed by atoms with van der Waals surface area (Å²) in [6.07, 6.45) is -0.778. The number of rotatable bonds is 10. The molecular weight excluding hydrogens is 399 g/mol. The van der Waals surface area contributed by atoms with Crippen molar-refractivity contribution in [1.29, 1.82) is 0 Å². The first kappa shape index (κ1) is 23.6. The Hall–Kier alpha value is -2.68. The Labute approximate surface area is 173 Å². The molecule has 0 saturated heterocycles. The SMILES string of the molecule is CC(=O)C(CC(C)C)N[C@@H](Cc1cncn1Cc1ccc(C(F)(F)F)cc1)C(=O)O. The van der Waals surface area contributed by atoms with Crippen LogP contribution in [0, 0.1) is 5.92 Å². The first-order valence-electron chi connectivity index (χ1n) is 9.61. The lowest BCUT2D eigenvalue weighted by Gasteiger charge is -2.23. The third-order valence-corrected chi connectivity index (χ3v) is 4.74. The molecule has 2 aromatic rings. The van der Waals surface area contributed by atoms with Crippen LogP contribution in [0.1, 0.15) is 44.0 Å². The number of Topliss-reactive ketones (excluding diaryl/α,β-unsaturated/α-hetero) is 1. The molecule has 2 N–H and O–H groups in total. The number of aliphatic carboxylic acids is 1. The molecule has 0 spiro atoms. The Morgan fingerprint density at radius 1 is 1.17 bits per heavy atom. The van der Waals surface area contributed by atoms with Crippen molar-refractivity contribution in [2.24, 2.45) is 5.92 Å². The van der Waals surface area contributed by atoms with Crippen molar-refractivity contribution in [3.8, 4) is 0 Å². The third-order valence-electron chi connectivity index (χ3n) is 4.74. The van der Waals surface area contributed by atoms with Gasteiger partial charge in [-0.15, -0.1) is 0 Å². The number of nitrogens with one attached hydrogen (secondary N) is 1. The lowest BCUT2D eigenvalue weighted by molar-refractivity contribution is -0.140. The molecule has 0 aliphatic carbocycles. The first-order valence-corrected chi connectivity index (χ1v) is 9.61. The van der Waals surface area contributed by atoms with Gasteiger partial charge in [-0.2, -0.15) is 13.2 Å². The summed E-state index contributed by atoms with van der Waals surface area (Å²) in [6, 6.07) is 3.22. The van der Waals surface area contributed by atoms with Crippen LogP contribution in [0.3, 0.4) is 0 Å². The van der Waals surface area contributed by atoms with Crippen LogP contribution in [0.4, 0.5) is 13.2 Å². The maximum absolute atomic E-state index is 12.7. The monoisotopic (exact) mass is 425 g/mol. The van der Waals surface area contributed by atoms with Gasteiger partial charge in [0.15, 0.2) is 0 Å². The smallest absolute Gasteiger partial charge is 0.416 e. The Bertz CT molecular complexity index is 860. The van der Waals surface area contributed by atoms with Crippen LogP contribution in [0.15, 0.2) is 36.8 Å². The molecule has 164 valence electrons. The summed E-state index contributed by atoms with van der Waals surface area (Å²) in [5, 5.41) is 12.5. The van der Waals surface area contributed by atoms with Gasteiger partial charge in [0.2, 0.25) is 0 Å².